The van der Waals surface area contributed by atoms with Gasteiger partial charge in [0, 0.05) is 11.9 Å². The monoisotopic (exact) mass is 229 g/mol. The third kappa shape index (κ3) is 1.73. The van der Waals surface area contributed by atoms with Crippen molar-refractivity contribution in [1.82, 2.24) is 14.3 Å². The van der Waals surface area contributed by atoms with Crippen LogP contribution in [0, 0.1) is 0 Å². The molecule has 6 heteroatoms. The standard InChI is InChI=1S/C8H8ClN3OS/c1-11-5-10-12(8(11)13)4-6-2-3-7(9)14-6/h2-3,5H,4H2,1H3. The summed E-state index contributed by atoms with van der Waals surface area (Å²) in [5.74, 6) is 0. The molecule has 2 heterocycles. The van der Waals surface area contributed by atoms with Gasteiger partial charge in [-0.2, -0.15) is 5.10 Å². The number of hydrogen-bond acceptors (Lipinski definition) is 3. The van der Waals surface area contributed by atoms with E-state index in [9.17, 15) is 4.79 Å². The molecular weight excluding hydrogens is 222 g/mol. The van der Waals surface area contributed by atoms with E-state index in [0.717, 1.165) is 9.21 Å². The van der Waals surface area contributed by atoms with Crippen molar-refractivity contribution in [3.05, 3.63) is 38.2 Å². The molecule has 0 radical (unpaired) electrons. The van der Waals surface area contributed by atoms with Gasteiger partial charge in [-0.15, -0.1) is 11.3 Å². The van der Waals surface area contributed by atoms with Crippen LogP contribution in [0.5, 0.6) is 0 Å². The summed E-state index contributed by atoms with van der Waals surface area (Å²) in [5.41, 5.74) is -0.116. The highest BCUT2D eigenvalue weighted by Crippen LogP contribution is 2.21. The third-order valence-corrected chi connectivity index (χ3v) is 3.04. The van der Waals surface area contributed by atoms with E-state index in [1.807, 2.05) is 12.1 Å². The lowest BCUT2D eigenvalue weighted by atomic mass is 10.5. The fourth-order valence-corrected chi connectivity index (χ4v) is 2.18. The summed E-state index contributed by atoms with van der Waals surface area (Å²) in [6.07, 6.45) is 1.50. The van der Waals surface area contributed by atoms with Crippen LogP contribution >= 0.6 is 22.9 Å². The summed E-state index contributed by atoms with van der Waals surface area (Å²) in [6.45, 7) is 0.483. The second kappa shape index (κ2) is 3.59. The average molecular weight is 230 g/mol. The fraction of sp³-hybridized carbons (Fsp3) is 0.250. The Bertz CT molecular complexity index is 499. The molecule has 0 aliphatic heterocycles. The summed E-state index contributed by atoms with van der Waals surface area (Å²) in [4.78, 5) is 12.4. The molecule has 0 aromatic carbocycles. The van der Waals surface area contributed by atoms with Crippen molar-refractivity contribution in [2.24, 2.45) is 7.05 Å². The molecule has 0 unspecified atom stereocenters. The van der Waals surface area contributed by atoms with Crippen LogP contribution in [0.4, 0.5) is 0 Å². The van der Waals surface area contributed by atoms with Crippen molar-refractivity contribution < 1.29 is 0 Å². The lowest BCUT2D eigenvalue weighted by molar-refractivity contribution is 0.653. The molecule has 0 aliphatic rings. The maximum atomic E-state index is 11.4. The fourth-order valence-electron chi connectivity index (χ4n) is 1.11. The minimum atomic E-state index is -0.116. The lowest BCUT2D eigenvalue weighted by Gasteiger charge is -1.94. The van der Waals surface area contributed by atoms with Crippen molar-refractivity contribution in [1.29, 1.82) is 0 Å². The van der Waals surface area contributed by atoms with E-state index < -0.39 is 0 Å². The first-order valence-electron chi connectivity index (χ1n) is 3.99. The Morgan fingerprint density at radius 2 is 2.36 bits per heavy atom. The van der Waals surface area contributed by atoms with Gasteiger partial charge in [-0.25, -0.2) is 9.48 Å². The summed E-state index contributed by atoms with van der Waals surface area (Å²) in [7, 11) is 1.67. The van der Waals surface area contributed by atoms with Crippen LogP contribution in [0.2, 0.25) is 4.34 Å². The molecule has 4 nitrogen and oxygen atoms in total. The van der Waals surface area contributed by atoms with Gasteiger partial charge in [0.15, 0.2) is 0 Å². The maximum Gasteiger partial charge on any atom is 0.345 e. The van der Waals surface area contributed by atoms with Gasteiger partial charge < -0.3 is 0 Å². The van der Waals surface area contributed by atoms with Gasteiger partial charge in [0.1, 0.15) is 6.33 Å². The molecule has 2 rings (SSSR count). The molecule has 0 spiro atoms. The normalized spacial score (nSPS) is 10.7. The van der Waals surface area contributed by atoms with Crippen LogP contribution in [0.25, 0.3) is 0 Å². The van der Waals surface area contributed by atoms with E-state index >= 15 is 0 Å². The zero-order chi connectivity index (χ0) is 10.1. The SMILES string of the molecule is Cn1cnn(Cc2ccc(Cl)s2)c1=O. The molecule has 0 N–H and O–H groups in total. The van der Waals surface area contributed by atoms with E-state index in [2.05, 4.69) is 5.10 Å². The summed E-state index contributed by atoms with van der Waals surface area (Å²) < 4.78 is 3.57. The Balaban J connectivity index is 2.27. The van der Waals surface area contributed by atoms with Gasteiger partial charge in [0.25, 0.3) is 0 Å². The van der Waals surface area contributed by atoms with E-state index in [1.54, 1.807) is 7.05 Å². The number of aromatic nitrogens is 3. The molecular formula is C8H8ClN3OS. The molecule has 0 bridgehead atoms. The number of aryl methyl sites for hydroxylation is 1. The van der Waals surface area contributed by atoms with Crippen LogP contribution < -0.4 is 5.69 Å². The number of hydrogen-bond donors (Lipinski definition) is 0. The molecule has 0 atom stereocenters. The van der Waals surface area contributed by atoms with Gasteiger partial charge >= 0.3 is 5.69 Å². The molecule has 2 aromatic rings. The Morgan fingerprint density at radius 3 is 2.86 bits per heavy atom. The molecule has 0 fully saturated rings. The number of thiophene rings is 1. The van der Waals surface area contributed by atoms with Gasteiger partial charge in [0.2, 0.25) is 0 Å². The first-order chi connectivity index (χ1) is 6.66. The van der Waals surface area contributed by atoms with Crippen molar-refractivity contribution in [3.8, 4) is 0 Å². The minimum Gasteiger partial charge on any atom is -0.285 e. The van der Waals surface area contributed by atoms with E-state index in [0.29, 0.717) is 6.54 Å². The smallest absolute Gasteiger partial charge is 0.285 e. The summed E-state index contributed by atoms with van der Waals surface area (Å²) in [5, 5.41) is 3.95. The molecule has 74 valence electrons. The first kappa shape index (κ1) is 9.48. The van der Waals surface area contributed by atoms with Gasteiger partial charge in [-0.1, -0.05) is 11.6 Å². The van der Waals surface area contributed by atoms with Crippen LogP contribution in [-0.4, -0.2) is 14.3 Å². The largest absolute Gasteiger partial charge is 0.345 e. The summed E-state index contributed by atoms with van der Waals surface area (Å²) in [6, 6.07) is 3.71. The third-order valence-electron chi connectivity index (χ3n) is 1.82. The topological polar surface area (TPSA) is 39.8 Å². The molecule has 2 aromatic heterocycles. The number of nitrogens with zero attached hydrogens (tertiary/aromatic N) is 3. The number of halogens is 1. The van der Waals surface area contributed by atoms with Crippen LogP contribution in [0.3, 0.4) is 0 Å². The Labute approximate surface area is 89.4 Å². The second-order valence-corrected chi connectivity index (χ2v) is 4.69. The average Bonchev–Trinajstić information content (AvgIpc) is 2.67. The van der Waals surface area contributed by atoms with Crippen molar-refractivity contribution in [2.45, 2.75) is 6.54 Å². The van der Waals surface area contributed by atoms with Gasteiger partial charge in [0.05, 0.1) is 10.9 Å². The van der Waals surface area contributed by atoms with E-state index in [-0.39, 0.29) is 5.69 Å². The van der Waals surface area contributed by atoms with Crippen LogP contribution in [-0.2, 0) is 13.6 Å². The zero-order valence-corrected chi connectivity index (χ0v) is 9.05. The molecule has 0 saturated heterocycles. The first-order valence-corrected chi connectivity index (χ1v) is 5.19. The van der Waals surface area contributed by atoms with Gasteiger partial charge in [-0.3, -0.25) is 4.57 Å². The highest BCUT2D eigenvalue weighted by Gasteiger charge is 2.04. The lowest BCUT2D eigenvalue weighted by Crippen LogP contribution is -2.23. The Hall–Kier alpha value is -1.07. The minimum absolute atomic E-state index is 0.116. The highest BCUT2D eigenvalue weighted by molar-refractivity contribution is 7.16. The Morgan fingerprint density at radius 1 is 1.57 bits per heavy atom. The van der Waals surface area contributed by atoms with Crippen molar-refractivity contribution in [2.75, 3.05) is 0 Å². The second-order valence-electron chi connectivity index (χ2n) is 2.89. The predicted octanol–water partition coefficient (Wildman–Crippen LogP) is 1.34. The maximum absolute atomic E-state index is 11.4. The molecule has 14 heavy (non-hydrogen) atoms. The number of rotatable bonds is 2. The van der Waals surface area contributed by atoms with Crippen LogP contribution in [0.1, 0.15) is 4.88 Å². The Kier molecular flexibility index (Phi) is 2.43. The predicted molar refractivity (Wildman–Crippen MR) is 55.9 cm³/mol. The van der Waals surface area contributed by atoms with E-state index in [1.165, 1.54) is 26.9 Å². The van der Waals surface area contributed by atoms with Crippen molar-refractivity contribution in [3.63, 3.8) is 0 Å². The summed E-state index contributed by atoms with van der Waals surface area (Å²) >= 11 is 7.23. The molecule has 0 aliphatic carbocycles. The molecule has 0 amide bonds. The van der Waals surface area contributed by atoms with Crippen molar-refractivity contribution >= 4 is 22.9 Å². The quantitative estimate of drug-likeness (QED) is 0.780. The van der Waals surface area contributed by atoms with Crippen LogP contribution in [0.15, 0.2) is 23.3 Å². The molecule has 0 saturated carbocycles. The van der Waals surface area contributed by atoms with E-state index in [4.69, 9.17) is 11.6 Å². The van der Waals surface area contributed by atoms with Gasteiger partial charge in [-0.05, 0) is 12.1 Å². The highest BCUT2D eigenvalue weighted by atomic mass is 35.5. The zero-order valence-electron chi connectivity index (χ0n) is 7.48.